The second-order valence-electron chi connectivity index (χ2n) is 5.45. The Bertz CT molecular complexity index is 575. The van der Waals surface area contributed by atoms with Crippen LogP contribution in [-0.4, -0.2) is 33.5 Å². The SMILES string of the molecule is CC1CCN(c2ccc([N+](=O)[O-])c(/C(N)=N/O)n2)C(C)C1. The summed E-state index contributed by atoms with van der Waals surface area (Å²) in [4.78, 5) is 16.7. The molecule has 2 unspecified atom stereocenters. The summed E-state index contributed by atoms with van der Waals surface area (Å²) in [6, 6.07) is 3.25. The van der Waals surface area contributed by atoms with E-state index in [0.29, 0.717) is 17.8 Å². The quantitative estimate of drug-likeness (QED) is 0.288. The van der Waals surface area contributed by atoms with Gasteiger partial charge in [-0.05, 0) is 31.7 Å². The highest BCUT2D eigenvalue weighted by molar-refractivity contribution is 5.99. The summed E-state index contributed by atoms with van der Waals surface area (Å²) in [5, 5.41) is 22.6. The summed E-state index contributed by atoms with van der Waals surface area (Å²) >= 11 is 0. The number of rotatable bonds is 3. The van der Waals surface area contributed by atoms with E-state index in [9.17, 15) is 10.1 Å². The second-order valence-corrected chi connectivity index (χ2v) is 5.45. The van der Waals surface area contributed by atoms with Crippen LogP contribution in [0.25, 0.3) is 0 Å². The van der Waals surface area contributed by atoms with Crippen LogP contribution in [0.5, 0.6) is 0 Å². The molecule has 0 aromatic carbocycles. The molecule has 0 saturated carbocycles. The van der Waals surface area contributed by atoms with E-state index in [2.05, 4.69) is 28.9 Å². The fraction of sp³-hybridized carbons (Fsp3) is 0.538. The molecule has 0 spiro atoms. The van der Waals surface area contributed by atoms with Gasteiger partial charge in [-0.1, -0.05) is 12.1 Å². The zero-order valence-corrected chi connectivity index (χ0v) is 12.1. The van der Waals surface area contributed by atoms with Crippen molar-refractivity contribution in [1.29, 1.82) is 0 Å². The van der Waals surface area contributed by atoms with Crippen LogP contribution in [0.2, 0.25) is 0 Å². The van der Waals surface area contributed by atoms with Gasteiger partial charge >= 0.3 is 0 Å². The van der Waals surface area contributed by atoms with Crippen LogP contribution in [0.1, 0.15) is 32.4 Å². The van der Waals surface area contributed by atoms with E-state index in [4.69, 9.17) is 10.9 Å². The van der Waals surface area contributed by atoms with E-state index < -0.39 is 4.92 Å². The predicted octanol–water partition coefficient (Wildman–Crippen LogP) is 1.71. The number of oxime groups is 1. The summed E-state index contributed by atoms with van der Waals surface area (Å²) in [6.07, 6.45) is 2.08. The van der Waals surface area contributed by atoms with Crippen molar-refractivity contribution in [2.45, 2.75) is 32.7 Å². The lowest BCUT2D eigenvalue weighted by atomic mass is 9.93. The van der Waals surface area contributed by atoms with Crippen LogP contribution in [-0.2, 0) is 0 Å². The highest BCUT2D eigenvalue weighted by atomic mass is 16.6. The first-order valence-corrected chi connectivity index (χ1v) is 6.84. The van der Waals surface area contributed by atoms with Gasteiger partial charge in [-0.3, -0.25) is 10.1 Å². The Hall–Kier alpha value is -2.38. The van der Waals surface area contributed by atoms with Crippen molar-refractivity contribution in [3.63, 3.8) is 0 Å². The molecule has 0 bridgehead atoms. The summed E-state index contributed by atoms with van der Waals surface area (Å²) in [5.74, 6) is 0.904. The van der Waals surface area contributed by atoms with E-state index in [1.165, 1.54) is 6.07 Å². The van der Waals surface area contributed by atoms with Gasteiger partial charge in [0.1, 0.15) is 5.82 Å². The van der Waals surface area contributed by atoms with Crippen molar-refractivity contribution in [2.24, 2.45) is 16.8 Å². The molecule has 2 rings (SSSR count). The normalized spacial score (nSPS) is 23.1. The van der Waals surface area contributed by atoms with Gasteiger partial charge in [-0.15, -0.1) is 0 Å². The Balaban J connectivity index is 2.40. The molecule has 2 atom stereocenters. The number of nitrogens with zero attached hydrogens (tertiary/aromatic N) is 4. The van der Waals surface area contributed by atoms with E-state index in [0.717, 1.165) is 19.4 Å². The highest BCUT2D eigenvalue weighted by Crippen LogP contribution is 2.28. The first-order valence-electron chi connectivity index (χ1n) is 6.84. The third-order valence-corrected chi connectivity index (χ3v) is 3.84. The molecule has 1 fully saturated rings. The van der Waals surface area contributed by atoms with E-state index >= 15 is 0 Å². The van der Waals surface area contributed by atoms with Gasteiger partial charge in [-0.2, -0.15) is 0 Å². The first kappa shape index (κ1) is 15.0. The molecule has 1 saturated heterocycles. The number of hydrogen-bond acceptors (Lipinski definition) is 6. The Kier molecular flexibility index (Phi) is 4.25. The largest absolute Gasteiger partial charge is 0.409 e. The minimum Gasteiger partial charge on any atom is -0.409 e. The summed E-state index contributed by atoms with van der Waals surface area (Å²) in [6.45, 7) is 5.14. The van der Waals surface area contributed by atoms with Crippen LogP contribution >= 0.6 is 0 Å². The Morgan fingerprint density at radius 3 is 2.86 bits per heavy atom. The van der Waals surface area contributed by atoms with Gasteiger partial charge in [0.05, 0.1) is 4.92 Å². The maximum atomic E-state index is 11.0. The van der Waals surface area contributed by atoms with Gasteiger partial charge in [0.25, 0.3) is 5.69 Å². The van der Waals surface area contributed by atoms with Crippen molar-refractivity contribution in [2.75, 3.05) is 11.4 Å². The second kappa shape index (κ2) is 5.94. The monoisotopic (exact) mass is 293 g/mol. The molecule has 0 amide bonds. The van der Waals surface area contributed by atoms with Crippen LogP contribution in [0.4, 0.5) is 11.5 Å². The first-order chi connectivity index (χ1) is 9.93. The molecule has 3 N–H and O–H groups in total. The number of nitro groups is 1. The Labute approximate surface area is 122 Å². The molecule has 8 heteroatoms. The molecule has 0 aliphatic carbocycles. The average molecular weight is 293 g/mol. The maximum Gasteiger partial charge on any atom is 0.298 e. The lowest BCUT2D eigenvalue weighted by molar-refractivity contribution is -0.385. The molecule has 0 radical (unpaired) electrons. The topological polar surface area (TPSA) is 118 Å². The molecule has 8 nitrogen and oxygen atoms in total. The number of nitrogens with two attached hydrogens (primary N) is 1. The Morgan fingerprint density at radius 1 is 1.57 bits per heavy atom. The number of anilines is 1. The van der Waals surface area contributed by atoms with Crippen molar-refractivity contribution < 1.29 is 10.1 Å². The third-order valence-electron chi connectivity index (χ3n) is 3.84. The standard InChI is InChI=1S/C13H19N5O3/c1-8-5-6-17(9(2)7-8)11-4-3-10(18(20)21)12(15-11)13(14)16-19/h3-4,8-9,19H,5-7H2,1-2H3,(H2,14,16). The molecule has 114 valence electrons. The lowest BCUT2D eigenvalue weighted by Gasteiger charge is -2.37. The molecule has 1 aliphatic heterocycles. The number of pyridine rings is 1. The Morgan fingerprint density at radius 2 is 2.29 bits per heavy atom. The number of hydrogen-bond donors (Lipinski definition) is 2. The zero-order chi connectivity index (χ0) is 15.6. The maximum absolute atomic E-state index is 11.0. The van der Waals surface area contributed by atoms with Crippen molar-refractivity contribution in [3.8, 4) is 0 Å². The highest BCUT2D eigenvalue weighted by Gasteiger charge is 2.26. The minimum absolute atomic E-state index is 0.106. The van der Waals surface area contributed by atoms with Crippen LogP contribution < -0.4 is 10.6 Å². The van der Waals surface area contributed by atoms with Crippen molar-refractivity contribution in [1.82, 2.24) is 4.98 Å². The van der Waals surface area contributed by atoms with Crippen molar-refractivity contribution >= 4 is 17.3 Å². The van der Waals surface area contributed by atoms with Crippen LogP contribution in [0.15, 0.2) is 17.3 Å². The van der Waals surface area contributed by atoms with E-state index in [-0.39, 0.29) is 17.2 Å². The summed E-state index contributed by atoms with van der Waals surface area (Å²) in [7, 11) is 0. The molecular formula is C13H19N5O3. The molecular weight excluding hydrogens is 274 g/mol. The molecule has 2 heterocycles. The fourth-order valence-corrected chi connectivity index (χ4v) is 2.73. The number of aromatic nitrogens is 1. The number of amidine groups is 1. The van der Waals surface area contributed by atoms with Crippen molar-refractivity contribution in [3.05, 3.63) is 27.9 Å². The molecule has 1 aromatic heterocycles. The minimum atomic E-state index is -0.591. The van der Waals surface area contributed by atoms with Gasteiger partial charge < -0.3 is 15.8 Å². The zero-order valence-electron chi connectivity index (χ0n) is 12.1. The van der Waals surface area contributed by atoms with Gasteiger partial charge in [-0.25, -0.2) is 4.98 Å². The van der Waals surface area contributed by atoms with Gasteiger partial charge in [0.15, 0.2) is 11.5 Å². The third kappa shape index (κ3) is 3.04. The molecule has 1 aromatic rings. The van der Waals surface area contributed by atoms with Crippen LogP contribution in [0.3, 0.4) is 0 Å². The van der Waals surface area contributed by atoms with Gasteiger partial charge in [0.2, 0.25) is 0 Å². The molecule has 1 aliphatic rings. The fourth-order valence-electron chi connectivity index (χ4n) is 2.73. The summed E-state index contributed by atoms with van der Waals surface area (Å²) < 4.78 is 0. The van der Waals surface area contributed by atoms with Gasteiger partial charge in [0, 0.05) is 18.7 Å². The summed E-state index contributed by atoms with van der Waals surface area (Å²) in [5.41, 5.74) is 5.13. The lowest BCUT2D eigenvalue weighted by Crippen LogP contribution is -2.41. The van der Waals surface area contributed by atoms with E-state index in [1.54, 1.807) is 6.07 Å². The molecule has 21 heavy (non-hydrogen) atoms. The average Bonchev–Trinajstić information content (AvgIpc) is 2.45. The smallest absolute Gasteiger partial charge is 0.298 e. The van der Waals surface area contributed by atoms with E-state index in [1.807, 2.05) is 0 Å². The van der Waals surface area contributed by atoms with Crippen LogP contribution in [0, 0.1) is 16.0 Å². The predicted molar refractivity (Wildman–Crippen MR) is 78.6 cm³/mol. The number of piperidine rings is 1.